The van der Waals surface area contributed by atoms with E-state index in [1.165, 1.54) is 0 Å². The van der Waals surface area contributed by atoms with Crippen molar-refractivity contribution in [1.82, 2.24) is 10.3 Å². The van der Waals surface area contributed by atoms with Gasteiger partial charge in [0.1, 0.15) is 19.0 Å². The van der Waals surface area contributed by atoms with E-state index in [2.05, 4.69) is 15.6 Å². The highest BCUT2D eigenvalue weighted by molar-refractivity contribution is 6.30. The van der Waals surface area contributed by atoms with Gasteiger partial charge in [-0.05, 0) is 36.8 Å². The van der Waals surface area contributed by atoms with Gasteiger partial charge in [0.15, 0.2) is 11.5 Å². The van der Waals surface area contributed by atoms with Gasteiger partial charge in [0.25, 0.3) is 0 Å². The van der Waals surface area contributed by atoms with E-state index in [9.17, 15) is 4.79 Å². The van der Waals surface area contributed by atoms with Crippen LogP contribution in [0.1, 0.15) is 24.9 Å². The zero-order valence-corrected chi connectivity index (χ0v) is 15.9. The third kappa shape index (κ3) is 5.41. The average molecular weight is 398 g/mol. The molecule has 0 saturated heterocycles. The van der Waals surface area contributed by atoms with Crippen LogP contribution in [-0.4, -0.2) is 30.6 Å². The van der Waals surface area contributed by atoms with Gasteiger partial charge < -0.3 is 20.1 Å². The number of hydrogen-bond donors (Lipinski definition) is 2. The van der Waals surface area contributed by atoms with E-state index in [1.54, 1.807) is 18.3 Å². The number of hydrogen-bond acceptors (Lipinski definition) is 5. The van der Waals surface area contributed by atoms with Crippen LogP contribution in [0.3, 0.4) is 0 Å². The highest BCUT2D eigenvalue weighted by Crippen LogP contribution is 2.32. The molecule has 2 aromatic rings. The summed E-state index contributed by atoms with van der Waals surface area (Å²) in [5, 5.41) is 6.65. The van der Waals surface area contributed by atoms with E-state index < -0.39 is 0 Å². The molecule has 1 aromatic heterocycles. The summed E-state index contributed by atoms with van der Waals surface area (Å²) in [5.41, 5.74) is 0.977. The van der Waals surface area contributed by atoms with Crippen LogP contribution in [-0.2, 0) is 4.79 Å². The molecule has 2 N–H and O–H groups in total. The van der Waals surface area contributed by atoms with Gasteiger partial charge in [-0.15, -0.1) is 12.4 Å². The molecule has 0 bridgehead atoms. The lowest BCUT2D eigenvalue weighted by Crippen LogP contribution is -2.28. The number of carbonyl (C=O) groups is 1. The van der Waals surface area contributed by atoms with Crippen molar-refractivity contribution >= 4 is 35.7 Å². The Hall–Kier alpha value is -2.18. The topological polar surface area (TPSA) is 72.5 Å². The number of pyridine rings is 1. The maximum Gasteiger partial charge on any atom is 0.222 e. The average Bonchev–Trinajstić information content (AvgIpc) is 2.63. The van der Waals surface area contributed by atoms with Gasteiger partial charge in [-0.2, -0.15) is 0 Å². The minimum absolute atomic E-state index is 0. The number of amides is 1. The number of aromatic nitrogens is 1. The zero-order chi connectivity index (χ0) is 17.6. The summed E-state index contributed by atoms with van der Waals surface area (Å²) in [4.78, 5) is 16.2. The largest absolute Gasteiger partial charge is 0.486 e. The summed E-state index contributed by atoms with van der Waals surface area (Å²) in [6.07, 6.45) is 1.91. The molecule has 1 atom stereocenters. The van der Waals surface area contributed by atoms with E-state index in [4.69, 9.17) is 21.1 Å². The van der Waals surface area contributed by atoms with Crippen LogP contribution in [0.2, 0.25) is 5.02 Å². The van der Waals surface area contributed by atoms with E-state index in [-0.39, 0.29) is 24.4 Å². The number of benzene rings is 1. The molecule has 0 radical (unpaired) electrons. The van der Waals surface area contributed by atoms with Gasteiger partial charge in [0, 0.05) is 19.2 Å². The molecule has 1 aliphatic rings. The molecule has 3 rings (SSSR count). The van der Waals surface area contributed by atoms with Crippen molar-refractivity contribution in [1.29, 1.82) is 0 Å². The molecule has 1 aromatic carbocycles. The standard InChI is InChI=1S/C18H20ClN3O3.ClH/c1-12(13-2-4-15-16(10-13)25-9-8-24-15)22-18(23)6-7-20-17-5-3-14(19)11-21-17;/h2-5,10-12H,6-9H2,1H3,(H,20,21)(H,22,23);1H. The molecular formula is C18H21Cl2N3O3. The predicted molar refractivity (Wildman–Crippen MR) is 104 cm³/mol. The molecule has 26 heavy (non-hydrogen) atoms. The number of anilines is 1. The number of fused-ring (bicyclic) bond motifs is 1. The fourth-order valence-electron chi connectivity index (χ4n) is 2.51. The monoisotopic (exact) mass is 397 g/mol. The van der Waals surface area contributed by atoms with Crippen molar-refractivity contribution < 1.29 is 14.3 Å². The van der Waals surface area contributed by atoms with Crippen molar-refractivity contribution in [2.75, 3.05) is 25.1 Å². The van der Waals surface area contributed by atoms with E-state index in [1.807, 2.05) is 25.1 Å². The summed E-state index contributed by atoms with van der Waals surface area (Å²) < 4.78 is 11.1. The van der Waals surface area contributed by atoms with Gasteiger partial charge in [-0.3, -0.25) is 4.79 Å². The van der Waals surface area contributed by atoms with Gasteiger partial charge in [-0.1, -0.05) is 17.7 Å². The van der Waals surface area contributed by atoms with Crippen LogP contribution in [0.25, 0.3) is 0 Å². The number of nitrogens with one attached hydrogen (secondary N) is 2. The number of rotatable bonds is 6. The van der Waals surface area contributed by atoms with Crippen LogP contribution in [0.15, 0.2) is 36.5 Å². The Morgan fingerprint density at radius 2 is 2.00 bits per heavy atom. The molecule has 0 spiro atoms. The van der Waals surface area contributed by atoms with Gasteiger partial charge in [-0.25, -0.2) is 4.98 Å². The zero-order valence-electron chi connectivity index (χ0n) is 14.3. The maximum atomic E-state index is 12.1. The molecule has 8 heteroatoms. The van der Waals surface area contributed by atoms with E-state index in [0.717, 1.165) is 17.1 Å². The second-order valence-electron chi connectivity index (χ2n) is 5.73. The van der Waals surface area contributed by atoms with Gasteiger partial charge >= 0.3 is 0 Å². The fraction of sp³-hybridized carbons (Fsp3) is 0.333. The lowest BCUT2D eigenvalue weighted by atomic mass is 10.1. The summed E-state index contributed by atoms with van der Waals surface area (Å²) in [6.45, 7) is 3.54. The molecule has 1 aliphatic heterocycles. The maximum absolute atomic E-state index is 12.1. The van der Waals surface area contributed by atoms with E-state index >= 15 is 0 Å². The minimum atomic E-state index is -0.114. The molecule has 1 amide bonds. The molecule has 6 nitrogen and oxygen atoms in total. The Bertz CT molecular complexity index is 741. The Morgan fingerprint density at radius 1 is 1.23 bits per heavy atom. The Labute approximate surface area is 163 Å². The smallest absolute Gasteiger partial charge is 0.222 e. The number of ether oxygens (including phenoxy) is 2. The normalized spacial score (nSPS) is 13.3. The third-order valence-electron chi connectivity index (χ3n) is 3.83. The highest BCUT2D eigenvalue weighted by atomic mass is 35.5. The van der Waals surface area contributed by atoms with Crippen molar-refractivity contribution in [3.05, 3.63) is 47.1 Å². The second kappa shape index (κ2) is 9.50. The first kappa shape index (κ1) is 20.1. The lowest BCUT2D eigenvalue weighted by Gasteiger charge is -2.21. The second-order valence-corrected chi connectivity index (χ2v) is 6.17. The fourth-order valence-corrected chi connectivity index (χ4v) is 2.62. The van der Waals surface area contributed by atoms with Gasteiger partial charge in [0.05, 0.1) is 11.1 Å². The third-order valence-corrected chi connectivity index (χ3v) is 4.05. The SMILES string of the molecule is CC(NC(=O)CCNc1ccc(Cl)cn1)c1ccc2c(c1)OCCO2.Cl. The summed E-state index contributed by atoms with van der Waals surface area (Å²) in [7, 11) is 0. The van der Waals surface area contributed by atoms with Crippen molar-refractivity contribution in [2.45, 2.75) is 19.4 Å². The quantitative estimate of drug-likeness (QED) is 0.778. The van der Waals surface area contributed by atoms with E-state index in [0.29, 0.717) is 37.0 Å². The predicted octanol–water partition coefficient (Wildman–Crippen LogP) is 3.61. The lowest BCUT2D eigenvalue weighted by molar-refractivity contribution is -0.121. The van der Waals surface area contributed by atoms with Crippen molar-refractivity contribution in [3.8, 4) is 11.5 Å². The molecule has 0 saturated carbocycles. The van der Waals surface area contributed by atoms with Crippen molar-refractivity contribution in [3.63, 3.8) is 0 Å². The molecule has 0 aliphatic carbocycles. The Kier molecular flexibility index (Phi) is 7.36. The summed E-state index contributed by atoms with van der Waals surface area (Å²) >= 11 is 5.78. The number of halogens is 2. The van der Waals surface area contributed by atoms with Crippen LogP contribution in [0.5, 0.6) is 11.5 Å². The summed E-state index contributed by atoms with van der Waals surface area (Å²) in [6, 6.07) is 9.14. The minimum Gasteiger partial charge on any atom is -0.486 e. The Balaban J connectivity index is 0.00000243. The summed E-state index contributed by atoms with van der Waals surface area (Å²) in [5.74, 6) is 2.12. The van der Waals surface area contributed by atoms with Crippen LogP contribution >= 0.6 is 24.0 Å². The Morgan fingerprint density at radius 3 is 2.73 bits per heavy atom. The molecule has 0 fully saturated rings. The molecule has 2 heterocycles. The molecular weight excluding hydrogens is 377 g/mol. The molecule has 140 valence electrons. The number of nitrogens with zero attached hydrogens (tertiary/aromatic N) is 1. The van der Waals surface area contributed by atoms with Crippen LogP contribution in [0, 0.1) is 0 Å². The van der Waals surface area contributed by atoms with Crippen LogP contribution in [0.4, 0.5) is 5.82 Å². The highest BCUT2D eigenvalue weighted by Gasteiger charge is 2.15. The van der Waals surface area contributed by atoms with Crippen molar-refractivity contribution in [2.24, 2.45) is 0 Å². The first-order chi connectivity index (χ1) is 12.1. The van der Waals surface area contributed by atoms with Crippen LogP contribution < -0.4 is 20.1 Å². The number of carbonyl (C=O) groups excluding carboxylic acids is 1. The first-order valence-electron chi connectivity index (χ1n) is 8.16. The molecule has 1 unspecified atom stereocenters. The first-order valence-corrected chi connectivity index (χ1v) is 8.54. The van der Waals surface area contributed by atoms with Gasteiger partial charge in [0.2, 0.25) is 5.91 Å².